The van der Waals surface area contributed by atoms with Gasteiger partial charge >= 0.3 is 11.9 Å². The molecule has 0 aliphatic heterocycles. The average molecular weight is 377 g/mol. The summed E-state index contributed by atoms with van der Waals surface area (Å²) in [5.74, 6) is -2.22. The zero-order valence-corrected chi connectivity index (χ0v) is 17.7. The van der Waals surface area contributed by atoms with Gasteiger partial charge in [0.15, 0.2) is 8.32 Å². The van der Waals surface area contributed by atoms with Crippen molar-refractivity contribution < 1.29 is 32.8 Å². The Morgan fingerprint density at radius 2 is 1.29 bits per heavy atom. The third-order valence-corrected chi connectivity index (χ3v) is 9.13. The lowest BCUT2D eigenvalue weighted by Gasteiger charge is -2.38. The smallest absolute Gasteiger partial charge is 0.316 e. The van der Waals surface area contributed by atoms with Crippen LogP contribution in [0.2, 0.25) is 26.2 Å². The van der Waals surface area contributed by atoms with Crippen LogP contribution in [0.3, 0.4) is 0 Å². The largest absolute Gasteiger partial charge is 0.453 e. The molecule has 0 saturated carbocycles. The first-order valence-electron chi connectivity index (χ1n) is 7.91. The normalized spacial score (nSPS) is 13.1. The summed E-state index contributed by atoms with van der Waals surface area (Å²) >= 11 is 0. The van der Waals surface area contributed by atoms with E-state index < -0.39 is 47.5 Å². The van der Waals surface area contributed by atoms with E-state index in [-0.39, 0.29) is 18.0 Å². The van der Waals surface area contributed by atoms with E-state index in [4.69, 9.17) is 13.6 Å². The van der Waals surface area contributed by atoms with Crippen molar-refractivity contribution in [3.05, 3.63) is 0 Å². The second kappa shape index (κ2) is 9.23. The lowest BCUT2D eigenvalue weighted by Crippen LogP contribution is -2.56. The quantitative estimate of drug-likeness (QED) is 0.248. The number of carbonyl (C=O) groups excluding carboxylic acids is 4. The summed E-state index contributed by atoms with van der Waals surface area (Å²) in [6, 6.07) is 0. The fourth-order valence-electron chi connectivity index (χ4n) is 2.10. The van der Waals surface area contributed by atoms with Crippen molar-refractivity contribution in [2.75, 3.05) is 0 Å². The van der Waals surface area contributed by atoms with Crippen LogP contribution in [0.5, 0.6) is 0 Å². The van der Waals surface area contributed by atoms with Crippen LogP contribution in [0.4, 0.5) is 0 Å². The van der Waals surface area contributed by atoms with Gasteiger partial charge in [0.25, 0.3) is 14.5 Å². The minimum absolute atomic E-state index is 0.193. The van der Waals surface area contributed by atoms with Gasteiger partial charge in [-0.15, -0.1) is 0 Å². The lowest BCUT2D eigenvalue weighted by atomic mass is 10.3. The molecule has 0 fully saturated rings. The fraction of sp³-hybridized carbons (Fsp3) is 0.733. The molecule has 0 aromatic heterocycles. The Kier molecular flexibility index (Phi) is 8.72. The molecule has 1 atom stereocenters. The van der Waals surface area contributed by atoms with Crippen LogP contribution >= 0.6 is 0 Å². The molecule has 1 unspecified atom stereocenters. The van der Waals surface area contributed by atoms with Crippen LogP contribution in [0.15, 0.2) is 0 Å². The van der Waals surface area contributed by atoms with Crippen LogP contribution in [0, 0.1) is 0 Å². The highest BCUT2D eigenvalue weighted by Gasteiger charge is 2.46. The predicted octanol–water partition coefficient (Wildman–Crippen LogP) is 1.88. The number of Topliss-reactive ketones (excluding diaryl/α,β-unsaturated/α-hetero) is 2. The number of hydrogen-bond acceptors (Lipinski definition) is 7. The molecule has 0 radical (unpaired) electrons. The molecule has 0 heterocycles. The Morgan fingerprint density at radius 3 is 1.54 bits per heavy atom. The van der Waals surface area contributed by atoms with Gasteiger partial charge in [0.05, 0.1) is 0 Å². The molecule has 9 heteroatoms. The summed E-state index contributed by atoms with van der Waals surface area (Å²) < 4.78 is 16.9. The summed E-state index contributed by atoms with van der Waals surface area (Å²) in [7, 11) is -4.29. The van der Waals surface area contributed by atoms with Gasteiger partial charge in [-0.05, 0) is 40.0 Å². The minimum Gasteiger partial charge on any atom is -0.453 e. The zero-order chi connectivity index (χ0) is 19.1. The van der Waals surface area contributed by atoms with E-state index in [1.165, 1.54) is 13.8 Å². The molecule has 7 nitrogen and oxygen atoms in total. The maximum atomic E-state index is 12.0. The molecule has 0 rings (SSSR count). The Hall–Kier alpha value is -1.33. The van der Waals surface area contributed by atoms with Crippen molar-refractivity contribution in [3.8, 4) is 0 Å². The van der Waals surface area contributed by atoms with Crippen LogP contribution in [0.25, 0.3) is 0 Å². The number of esters is 2. The van der Waals surface area contributed by atoms with Gasteiger partial charge in [-0.3, -0.25) is 19.2 Å². The van der Waals surface area contributed by atoms with E-state index in [9.17, 15) is 19.2 Å². The molecule has 0 aliphatic rings. The van der Waals surface area contributed by atoms with Crippen molar-refractivity contribution in [1.82, 2.24) is 0 Å². The first kappa shape index (κ1) is 22.7. The number of rotatable bonds is 10. The first-order chi connectivity index (χ1) is 10.8. The number of carbonyl (C=O) groups is 4. The van der Waals surface area contributed by atoms with Crippen molar-refractivity contribution in [3.63, 3.8) is 0 Å². The third kappa shape index (κ3) is 8.50. The molecule has 0 N–H and O–H groups in total. The Bertz CT molecular complexity index is 467. The number of hydrogen-bond donors (Lipinski definition) is 0. The van der Waals surface area contributed by atoms with Crippen molar-refractivity contribution in [2.45, 2.75) is 71.6 Å². The summed E-state index contributed by atoms with van der Waals surface area (Å²) in [5, 5.41) is 0. The van der Waals surface area contributed by atoms with E-state index in [0.717, 1.165) is 0 Å². The van der Waals surface area contributed by atoms with E-state index in [2.05, 4.69) is 0 Å². The topological polar surface area (TPSA) is 96.0 Å². The summed E-state index contributed by atoms with van der Waals surface area (Å²) in [6.07, 6.45) is -0.613. The van der Waals surface area contributed by atoms with Crippen LogP contribution in [0.1, 0.15) is 40.0 Å². The minimum atomic E-state index is -2.33. The summed E-state index contributed by atoms with van der Waals surface area (Å²) in [5.41, 5.74) is -1.53. The predicted molar refractivity (Wildman–Crippen MR) is 93.2 cm³/mol. The molecule has 138 valence electrons. The maximum Gasteiger partial charge on any atom is 0.316 e. The molecule has 0 aromatic carbocycles. The summed E-state index contributed by atoms with van der Waals surface area (Å²) in [6.45, 7) is 12.0. The molecule has 0 aliphatic carbocycles. The third-order valence-electron chi connectivity index (χ3n) is 3.00. The standard InChI is InChI=1S/C15H28O7Si2/c1-8-15(20-13(18)9-11(2)16,21-14(19)10-12(3)17)23(4)22-24(5,6)7/h23H,8-10H2,1-7H3. The van der Waals surface area contributed by atoms with E-state index in [1.54, 1.807) is 13.5 Å². The Balaban J connectivity index is 5.48. The zero-order valence-electron chi connectivity index (χ0n) is 15.6. The fourth-order valence-corrected chi connectivity index (χ4v) is 8.23. The van der Waals surface area contributed by atoms with Crippen LogP contribution in [-0.2, 0) is 32.8 Å². The monoisotopic (exact) mass is 376 g/mol. The van der Waals surface area contributed by atoms with Gasteiger partial charge in [0, 0.05) is 6.42 Å². The highest BCUT2D eigenvalue weighted by Crippen LogP contribution is 2.26. The molecule has 0 bridgehead atoms. The molecular formula is C15H28O7Si2. The highest BCUT2D eigenvalue weighted by atomic mass is 28.4. The van der Waals surface area contributed by atoms with Gasteiger partial charge in [-0.2, -0.15) is 0 Å². The van der Waals surface area contributed by atoms with Crippen molar-refractivity contribution >= 4 is 40.9 Å². The molecular weight excluding hydrogens is 348 g/mol. The second-order valence-electron chi connectivity index (χ2n) is 6.74. The first-order valence-corrected chi connectivity index (χ1v) is 13.5. The van der Waals surface area contributed by atoms with Crippen molar-refractivity contribution in [2.24, 2.45) is 0 Å². The molecule has 0 amide bonds. The number of ketones is 2. The molecule has 0 saturated heterocycles. The van der Waals surface area contributed by atoms with Gasteiger partial charge in [-0.25, -0.2) is 0 Å². The van der Waals surface area contributed by atoms with E-state index in [0.29, 0.717) is 0 Å². The van der Waals surface area contributed by atoms with Gasteiger partial charge < -0.3 is 13.6 Å². The SMILES string of the molecule is CCC(OC(=O)CC(C)=O)(OC(=O)CC(C)=O)[SiH](C)O[Si](C)(C)C. The van der Waals surface area contributed by atoms with Gasteiger partial charge in [-0.1, -0.05) is 6.92 Å². The van der Waals surface area contributed by atoms with Crippen LogP contribution in [-0.4, -0.2) is 46.3 Å². The Morgan fingerprint density at radius 1 is 0.917 bits per heavy atom. The molecule has 24 heavy (non-hydrogen) atoms. The van der Waals surface area contributed by atoms with Crippen molar-refractivity contribution in [1.29, 1.82) is 0 Å². The highest BCUT2D eigenvalue weighted by molar-refractivity contribution is 6.77. The molecule has 0 spiro atoms. The Labute approximate surface area is 145 Å². The van der Waals surface area contributed by atoms with Gasteiger partial charge in [0.1, 0.15) is 24.4 Å². The van der Waals surface area contributed by atoms with E-state index in [1.807, 2.05) is 19.6 Å². The van der Waals surface area contributed by atoms with E-state index >= 15 is 0 Å². The lowest BCUT2D eigenvalue weighted by molar-refractivity contribution is -0.205. The summed E-state index contributed by atoms with van der Waals surface area (Å²) in [4.78, 5) is 46.2. The second-order valence-corrected chi connectivity index (χ2v) is 14.1. The number of ether oxygens (including phenoxy) is 2. The maximum absolute atomic E-state index is 12.0. The van der Waals surface area contributed by atoms with Crippen LogP contribution < -0.4 is 0 Å². The molecule has 0 aromatic rings. The average Bonchev–Trinajstić information content (AvgIpc) is 2.33. The van der Waals surface area contributed by atoms with Gasteiger partial charge in [0.2, 0.25) is 0 Å².